The van der Waals surface area contributed by atoms with Crippen molar-refractivity contribution in [1.29, 1.82) is 0 Å². The van der Waals surface area contributed by atoms with Crippen LogP contribution >= 0.6 is 0 Å². The molecule has 2 rings (SSSR count). The van der Waals surface area contributed by atoms with Crippen LogP contribution in [0.25, 0.3) is 11.5 Å². The Morgan fingerprint density at radius 3 is 2.24 bits per heavy atom. The summed E-state index contributed by atoms with van der Waals surface area (Å²) in [6.45, 7) is 5.52. The zero-order valence-electron chi connectivity index (χ0n) is 12.2. The lowest BCUT2D eigenvalue weighted by Gasteiger charge is -2.15. The first-order chi connectivity index (χ1) is 9.72. The molecule has 21 heavy (non-hydrogen) atoms. The van der Waals surface area contributed by atoms with Gasteiger partial charge in [0.2, 0.25) is 11.7 Å². The molecular formula is C15H15F2NO3. The fourth-order valence-electron chi connectivity index (χ4n) is 1.86. The van der Waals surface area contributed by atoms with Crippen LogP contribution in [-0.4, -0.2) is 18.1 Å². The number of hydrogen-bond donors (Lipinski definition) is 0. The molecule has 0 aliphatic carbocycles. The molecule has 112 valence electrons. The van der Waals surface area contributed by atoms with E-state index in [1.165, 1.54) is 7.11 Å². The Balaban J connectivity index is 2.61. The minimum atomic E-state index is -0.750. The summed E-state index contributed by atoms with van der Waals surface area (Å²) in [5.74, 6) is -2.28. The van der Waals surface area contributed by atoms with Crippen molar-refractivity contribution >= 4 is 5.97 Å². The average Bonchev–Trinajstić information content (AvgIpc) is 2.81. The van der Waals surface area contributed by atoms with Gasteiger partial charge in [-0.1, -0.05) is 20.8 Å². The molecular weight excluding hydrogens is 280 g/mol. The van der Waals surface area contributed by atoms with Crippen molar-refractivity contribution in [3.05, 3.63) is 41.3 Å². The van der Waals surface area contributed by atoms with Crippen molar-refractivity contribution in [2.24, 2.45) is 0 Å². The third-order valence-corrected chi connectivity index (χ3v) is 2.82. The fraction of sp³-hybridized carbons (Fsp3) is 0.333. The summed E-state index contributed by atoms with van der Waals surface area (Å²) in [5, 5.41) is 0. The van der Waals surface area contributed by atoms with Gasteiger partial charge < -0.3 is 9.15 Å². The molecule has 0 bridgehead atoms. The fourth-order valence-corrected chi connectivity index (χ4v) is 1.86. The second-order valence-electron chi connectivity index (χ2n) is 5.60. The van der Waals surface area contributed by atoms with Crippen LogP contribution in [0.2, 0.25) is 0 Å². The van der Waals surface area contributed by atoms with Gasteiger partial charge in [-0.15, -0.1) is 0 Å². The first-order valence-corrected chi connectivity index (χ1v) is 6.28. The Bertz CT molecular complexity index is 666. The lowest BCUT2D eigenvalue weighted by molar-refractivity contribution is 0.0562. The highest BCUT2D eigenvalue weighted by atomic mass is 19.1. The standard InChI is InChI=1S/C15H15F2NO3/c1-15(2,3)12-11(14(19)20-4)21-13(18-12)8-5-9(16)7-10(17)6-8/h5-7H,1-4H3. The zero-order valence-corrected chi connectivity index (χ0v) is 12.2. The van der Waals surface area contributed by atoms with Crippen molar-refractivity contribution < 1.29 is 22.7 Å². The van der Waals surface area contributed by atoms with Crippen LogP contribution in [0, 0.1) is 11.6 Å². The van der Waals surface area contributed by atoms with E-state index in [9.17, 15) is 13.6 Å². The molecule has 0 atom stereocenters. The van der Waals surface area contributed by atoms with E-state index in [2.05, 4.69) is 9.72 Å². The number of esters is 1. The largest absolute Gasteiger partial charge is 0.463 e. The molecule has 0 unspecified atom stereocenters. The van der Waals surface area contributed by atoms with Crippen LogP contribution in [0.1, 0.15) is 37.0 Å². The Morgan fingerprint density at radius 1 is 1.19 bits per heavy atom. The van der Waals surface area contributed by atoms with Crippen molar-refractivity contribution in [3.63, 3.8) is 0 Å². The normalized spacial score (nSPS) is 11.5. The highest BCUT2D eigenvalue weighted by molar-refractivity contribution is 5.88. The van der Waals surface area contributed by atoms with Gasteiger partial charge in [0.05, 0.1) is 7.11 Å². The van der Waals surface area contributed by atoms with Gasteiger partial charge in [-0.2, -0.15) is 0 Å². The summed E-state index contributed by atoms with van der Waals surface area (Å²) in [4.78, 5) is 16.0. The highest BCUT2D eigenvalue weighted by Gasteiger charge is 2.30. The second kappa shape index (κ2) is 5.27. The minimum Gasteiger partial charge on any atom is -0.463 e. The quantitative estimate of drug-likeness (QED) is 0.793. The number of hydrogen-bond acceptors (Lipinski definition) is 4. The van der Waals surface area contributed by atoms with Crippen molar-refractivity contribution in [3.8, 4) is 11.5 Å². The van der Waals surface area contributed by atoms with Crippen LogP contribution in [0.15, 0.2) is 22.6 Å². The van der Waals surface area contributed by atoms with Gasteiger partial charge in [0.1, 0.15) is 17.3 Å². The van der Waals surface area contributed by atoms with Gasteiger partial charge in [-0.05, 0) is 12.1 Å². The number of benzene rings is 1. The van der Waals surface area contributed by atoms with Crippen molar-refractivity contribution in [2.75, 3.05) is 7.11 Å². The number of oxazole rings is 1. The van der Waals surface area contributed by atoms with Gasteiger partial charge in [0.15, 0.2) is 0 Å². The molecule has 4 nitrogen and oxygen atoms in total. The monoisotopic (exact) mass is 295 g/mol. The molecule has 0 aliphatic rings. The number of halogens is 2. The molecule has 0 spiro atoms. The van der Waals surface area contributed by atoms with E-state index in [0.717, 1.165) is 18.2 Å². The molecule has 0 aliphatic heterocycles. The number of aromatic nitrogens is 1. The molecule has 1 aromatic heterocycles. The first kappa shape index (κ1) is 15.2. The van der Waals surface area contributed by atoms with Gasteiger partial charge in [-0.25, -0.2) is 18.6 Å². The van der Waals surface area contributed by atoms with Crippen molar-refractivity contribution in [1.82, 2.24) is 4.98 Å². The molecule has 1 heterocycles. The molecule has 0 radical (unpaired) electrons. The summed E-state index contributed by atoms with van der Waals surface area (Å²) in [7, 11) is 1.22. The minimum absolute atomic E-state index is 0.0290. The molecule has 0 fully saturated rings. The van der Waals surface area contributed by atoms with Crippen LogP contribution < -0.4 is 0 Å². The van der Waals surface area contributed by atoms with Crippen LogP contribution in [0.3, 0.4) is 0 Å². The number of carbonyl (C=O) groups excluding carboxylic acids is 1. The lowest BCUT2D eigenvalue weighted by atomic mass is 9.91. The summed E-state index contributed by atoms with van der Waals surface area (Å²) >= 11 is 0. The Morgan fingerprint density at radius 2 is 1.76 bits per heavy atom. The number of rotatable bonds is 2. The molecule has 0 saturated heterocycles. The molecule has 0 amide bonds. The van der Waals surface area contributed by atoms with Gasteiger partial charge in [0, 0.05) is 17.0 Å². The average molecular weight is 295 g/mol. The highest BCUT2D eigenvalue weighted by Crippen LogP contribution is 2.31. The van der Waals surface area contributed by atoms with Crippen molar-refractivity contribution in [2.45, 2.75) is 26.2 Å². The molecule has 0 saturated carbocycles. The number of nitrogens with zero attached hydrogens (tertiary/aromatic N) is 1. The zero-order chi connectivity index (χ0) is 15.8. The van der Waals surface area contributed by atoms with Gasteiger partial charge in [0.25, 0.3) is 0 Å². The van der Waals surface area contributed by atoms with Crippen LogP contribution in [0.5, 0.6) is 0 Å². The van der Waals surface area contributed by atoms with E-state index in [-0.39, 0.29) is 17.2 Å². The van der Waals surface area contributed by atoms with E-state index in [1.807, 2.05) is 20.8 Å². The number of methoxy groups -OCH3 is 1. The van der Waals surface area contributed by atoms with E-state index >= 15 is 0 Å². The molecule has 1 aromatic carbocycles. The van der Waals surface area contributed by atoms with Gasteiger partial charge >= 0.3 is 5.97 Å². The maximum atomic E-state index is 13.3. The van der Waals surface area contributed by atoms with Crippen LogP contribution in [0.4, 0.5) is 8.78 Å². The predicted octanol–water partition coefficient (Wildman–Crippen LogP) is 3.70. The lowest BCUT2D eigenvalue weighted by Crippen LogP contribution is -2.17. The smallest absolute Gasteiger partial charge is 0.376 e. The van der Waals surface area contributed by atoms with E-state index in [4.69, 9.17) is 4.42 Å². The Hall–Kier alpha value is -2.24. The van der Waals surface area contributed by atoms with E-state index in [1.54, 1.807) is 0 Å². The summed E-state index contributed by atoms with van der Waals surface area (Å²) in [6, 6.07) is 2.92. The first-order valence-electron chi connectivity index (χ1n) is 6.28. The maximum Gasteiger partial charge on any atom is 0.376 e. The Labute approximate surface area is 120 Å². The molecule has 6 heteroatoms. The van der Waals surface area contributed by atoms with Crippen LogP contribution in [-0.2, 0) is 10.2 Å². The summed E-state index contributed by atoms with van der Waals surface area (Å²) < 4.78 is 36.6. The van der Waals surface area contributed by atoms with Gasteiger partial charge in [-0.3, -0.25) is 0 Å². The topological polar surface area (TPSA) is 52.3 Å². The number of carbonyl (C=O) groups is 1. The van der Waals surface area contributed by atoms with E-state index < -0.39 is 23.0 Å². The Kier molecular flexibility index (Phi) is 3.80. The molecule has 0 N–H and O–H groups in total. The maximum absolute atomic E-state index is 13.3. The third-order valence-electron chi connectivity index (χ3n) is 2.82. The summed E-state index contributed by atoms with van der Waals surface area (Å²) in [6.07, 6.45) is 0. The van der Waals surface area contributed by atoms with E-state index in [0.29, 0.717) is 5.69 Å². The second-order valence-corrected chi connectivity index (χ2v) is 5.60. The third kappa shape index (κ3) is 3.09. The number of ether oxygens (including phenoxy) is 1. The predicted molar refractivity (Wildman–Crippen MR) is 71.9 cm³/mol. The summed E-state index contributed by atoms with van der Waals surface area (Å²) in [5.41, 5.74) is -0.000823. The molecule has 2 aromatic rings. The SMILES string of the molecule is COC(=O)c1oc(-c2cc(F)cc(F)c2)nc1C(C)(C)C.